The zero-order valence-corrected chi connectivity index (χ0v) is 8.92. The van der Waals surface area contributed by atoms with Gasteiger partial charge in [-0.2, -0.15) is 0 Å². The molecule has 0 saturated carbocycles. The highest BCUT2D eigenvalue weighted by Crippen LogP contribution is 2.03. The van der Waals surface area contributed by atoms with Gasteiger partial charge in [-0.1, -0.05) is 22.6 Å². The maximum Gasteiger partial charge on any atom is 0.254 e. The van der Waals surface area contributed by atoms with E-state index in [0.717, 1.165) is 10.6 Å². The monoisotopic (exact) mass is 294 g/mol. The third-order valence-corrected chi connectivity index (χ3v) is 1.94. The lowest BCUT2D eigenvalue weighted by atomic mass is 10.2. The lowest BCUT2D eigenvalue weighted by Crippen LogP contribution is -2.26. The molecular formula is C8H8FIN2O. The van der Waals surface area contributed by atoms with Gasteiger partial charge in [-0.05, 0) is 6.07 Å². The molecule has 5 heteroatoms. The molecule has 1 aromatic heterocycles. The van der Waals surface area contributed by atoms with Crippen LogP contribution in [-0.2, 0) is 0 Å². The quantitative estimate of drug-likeness (QED) is 0.676. The molecule has 13 heavy (non-hydrogen) atoms. The Bertz CT molecular complexity index is 306. The number of nitrogens with zero attached hydrogens (tertiary/aromatic N) is 1. The van der Waals surface area contributed by atoms with Gasteiger partial charge in [0.05, 0.1) is 11.8 Å². The molecule has 0 aliphatic rings. The summed E-state index contributed by atoms with van der Waals surface area (Å²) in [4.78, 5) is 14.8. The zero-order valence-electron chi connectivity index (χ0n) is 6.76. The Labute approximate surface area is 88.9 Å². The number of halogens is 2. The number of hydrogen-bond donors (Lipinski definition) is 1. The predicted molar refractivity (Wildman–Crippen MR) is 55.4 cm³/mol. The van der Waals surface area contributed by atoms with Crippen molar-refractivity contribution in [3.05, 3.63) is 29.8 Å². The van der Waals surface area contributed by atoms with Crippen molar-refractivity contribution in [2.24, 2.45) is 0 Å². The van der Waals surface area contributed by atoms with E-state index in [2.05, 4.69) is 32.9 Å². The van der Waals surface area contributed by atoms with Gasteiger partial charge in [0.1, 0.15) is 0 Å². The van der Waals surface area contributed by atoms with Crippen LogP contribution in [0.15, 0.2) is 18.5 Å². The summed E-state index contributed by atoms with van der Waals surface area (Å²) in [6.45, 7) is 0.543. The minimum Gasteiger partial charge on any atom is -0.351 e. The van der Waals surface area contributed by atoms with E-state index in [1.165, 1.54) is 12.3 Å². The molecule has 0 radical (unpaired) electrons. The van der Waals surface area contributed by atoms with Crippen molar-refractivity contribution in [2.75, 3.05) is 11.0 Å². The number of alkyl halides is 1. The lowest BCUT2D eigenvalue weighted by molar-refractivity contribution is 0.0952. The molecule has 0 aliphatic carbocycles. The molecule has 3 nitrogen and oxygen atoms in total. The van der Waals surface area contributed by atoms with Crippen molar-refractivity contribution in [2.45, 2.75) is 0 Å². The Morgan fingerprint density at radius 3 is 3.08 bits per heavy atom. The summed E-state index contributed by atoms with van der Waals surface area (Å²) in [6.07, 6.45) is 2.42. The van der Waals surface area contributed by atoms with Crippen LogP contribution in [0.3, 0.4) is 0 Å². The van der Waals surface area contributed by atoms with Gasteiger partial charge in [-0.3, -0.25) is 9.78 Å². The molecule has 0 saturated heterocycles. The molecule has 1 rings (SSSR count). The summed E-state index contributed by atoms with van der Waals surface area (Å²) in [6, 6.07) is 1.36. The number of aromatic nitrogens is 1. The van der Waals surface area contributed by atoms with Gasteiger partial charge in [0.15, 0.2) is 5.82 Å². The fourth-order valence-corrected chi connectivity index (χ4v) is 1.09. The van der Waals surface area contributed by atoms with Gasteiger partial charge in [0.25, 0.3) is 5.91 Å². The Hall–Kier alpha value is -0.720. The maximum absolute atomic E-state index is 12.9. The molecule has 0 unspecified atom stereocenters. The van der Waals surface area contributed by atoms with E-state index in [9.17, 15) is 9.18 Å². The van der Waals surface area contributed by atoms with Crippen LogP contribution in [-0.4, -0.2) is 21.9 Å². The standard InChI is InChI=1S/C8H8FIN2O/c9-7-5-11-3-1-6(7)8(13)12-4-2-10/h1,3,5H,2,4H2,(H,12,13). The third kappa shape index (κ3) is 2.91. The highest BCUT2D eigenvalue weighted by Gasteiger charge is 2.09. The Kier molecular flexibility index (Phi) is 4.07. The van der Waals surface area contributed by atoms with E-state index >= 15 is 0 Å². The number of carbonyl (C=O) groups is 1. The van der Waals surface area contributed by atoms with Gasteiger partial charge in [-0.25, -0.2) is 4.39 Å². The largest absolute Gasteiger partial charge is 0.351 e. The number of amides is 1. The van der Waals surface area contributed by atoms with Crippen molar-refractivity contribution < 1.29 is 9.18 Å². The summed E-state index contributed by atoms with van der Waals surface area (Å²) in [7, 11) is 0. The van der Waals surface area contributed by atoms with Gasteiger partial charge in [-0.15, -0.1) is 0 Å². The third-order valence-electron chi connectivity index (χ3n) is 1.40. The normalized spacial score (nSPS) is 9.69. The molecule has 1 amide bonds. The van der Waals surface area contributed by atoms with Gasteiger partial charge >= 0.3 is 0 Å². The van der Waals surface area contributed by atoms with Crippen LogP contribution in [0.25, 0.3) is 0 Å². The molecule has 0 aromatic carbocycles. The molecule has 0 atom stereocenters. The molecule has 0 fully saturated rings. The van der Waals surface area contributed by atoms with Gasteiger partial charge in [0, 0.05) is 17.2 Å². The number of nitrogens with one attached hydrogen (secondary N) is 1. The highest BCUT2D eigenvalue weighted by molar-refractivity contribution is 14.1. The Morgan fingerprint density at radius 2 is 2.46 bits per heavy atom. The number of hydrogen-bond acceptors (Lipinski definition) is 2. The molecule has 1 aromatic rings. The topological polar surface area (TPSA) is 42.0 Å². The highest BCUT2D eigenvalue weighted by atomic mass is 127. The second-order valence-electron chi connectivity index (χ2n) is 2.30. The second kappa shape index (κ2) is 5.11. The van der Waals surface area contributed by atoms with E-state index in [1.54, 1.807) is 0 Å². The number of rotatable bonds is 3. The summed E-state index contributed by atoms with van der Waals surface area (Å²) < 4.78 is 13.7. The average molecular weight is 294 g/mol. The molecular weight excluding hydrogens is 286 g/mol. The first-order valence-corrected chi connectivity index (χ1v) is 5.22. The van der Waals surface area contributed by atoms with E-state index in [-0.39, 0.29) is 5.56 Å². The van der Waals surface area contributed by atoms with Gasteiger partial charge in [0.2, 0.25) is 0 Å². The molecule has 0 aliphatic heterocycles. The summed E-state index contributed by atoms with van der Waals surface area (Å²) in [5, 5.41) is 2.58. The van der Waals surface area contributed by atoms with Crippen molar-refractivity contribution in [3.63, 3.8) is 0 Å². The van der Waals surface area contributed by atoms with Crippen molar-refractivity contribution in [3.8, 4) is 0 Å². The van der Waals surface area contributed by atoms with E-state index in [4.69, 9.17) is 0 Å². The first-order chi connectivity index (χ1) is 6.25. The first-order valence-electron chi connectivity index (χ1n) is 3.69. The molecule has 70 valence electrons. The maximum atomic E-state index is 12.9. The SMILES string of the molecule is O=C(NCCI)c1ccncc1F. The van der Waals surface area contributed by atoms with Crippen LogP contribution >= 0.6 is 22.6 Å². The minimum atomic E-state index is -0.589. The number of pyridine rings is 1. The van der Waals surface area contributed by atoms with E-state index in [1.807, 2.05) is 0 Å². The second-order valence-corrected chi connectivity index (χ2v) is 3.38. The molecule has 0 spiro atoms. The fraction of sp³-hybridized carbons (Fsp3) is 0.250. The summed E-state index contributed by atoms with van der Waals surface area (Å²) >= 11 is 2.13. The summed E-state index contributed by atoms with van der Waals surface area (Å²) in [5.41, 5.74) is 0.0415. The smallest absolute Gasteiger partial charge is 0.254 e. The van der Waals surface area contributed by atoms with Crippen molar-refractivity contribution in [1.82, 2.24) is 10.3 Å². The first kappa shape index (κ1) is 10.4. The number of carbonyl (C=O) groups excluding carboxylic acids is 1. The summed E-state index contributed by atoms with van der Waals surface area (Å²) in [5.74, 6) is -0.981. The van der Waals surface area contributed by atoms with Crippen LogP contribution < -0.4 is 5.32 Å². The lowest BCUT2D eigenvalue weighted by Gasteiger charge is -2.02. The van der Waals surface area contributed by atoms with Crippen LogP contribution in [0, 0.1) is 5.82 Å². The van der Waals surface area contributed by atoms with Crippen molar-refractivity contribution in [1.29, 1.82) is 0 Å². The zero-order chi connectivity index (χ0) is 9.68. The predicted octanol–water partition coefficient (Wildman–Crippen LogP) is 1.39. The Balaban J connectivity index is 2.71. The molecule has 1 N–H and O–H groups in total. The van der Waals surface area contributed by atoms with Crippen LogP contribution in [0.1, 0.15) is 10.4 Å². The van der Waals surface area contributed by atoms with E-state index < -0.39 is 11.7 Å². The van der Waals surface area contributed by atoms with Crippen LogP contribution in [0.2, 0.25) is 0 Å². The van der Waals surface area contributed by atoms with Crippen LogP contribution in [0.4, 0.5) is 4.39 Å². The fourth-order valence-electron chi connectivity index (χ4n) is 0.815. The Morgan fingerprint density at radius 1 is 1.69 bits per heavy atom. The van der Waals surface area contributed by atoms with Gasteiger partial charge < -0.3 is 5.32 Å². The molecule has 0 bridgehead atoms. The minimum absolute atomic E-state index is 0.0415. The van der Waals surface area contributed by atoms with Crippen LogP contribution in [0.5, 0.6) is 0 Å². The van der Waals surface area contributed by atoms with Crippen molar-refractivity contribution >= 4 is 28.5 Å². The van der Waals surface area contributed by atoms with E-state index in [0.29, 0.717) is 6.54 Å². The average Bonchev–Trinajstić information content (AvgIpc) is 2.15. The molecule has 1 heterocycles.